The van der Waals surface area contributed by atoms with Crippen LogP contribution in [0, 0.1) is 43.4 Å². The van der Waals surface area contributed by atoms with Crippen LogP contribution in [-0.2, 0) is 0 Å². The lowest BCUT2D eigenvalue weighted by molar-refractivity contribution is 0.755. The predicted molar refractivity (Wildman–Crippen MR) is 40.0 cm³/mol. The summed E-state index contributed by atoms with van der Waals surface area (Å²) in [6, 6.07) is 0. The average molecular weight is 118 g/mol. The number of hydrogen-bond donors (Lipinski definition) is 0. The van der Waals surface area contributed by atoms with Crippen molar-refractivity contribution in [2.45, 2.75) is 13.3 Å². The molecule has 0 fully saturated rings. The second-order valence-electron chi connectivity index (χ2n) is 1.91. The summed E-state index contributed by atoms with van der Waals surface area (Å²) in [5.74, 6) is 10.9. The van der Waals surface area contributed by atoms with Crippen molar-refractivity contribution in [1.29, 1.82) is 0 Å². The summed E-state index contributed by atoms with van der Waals surface area (Å²) in [4.78, 5) is 0. The van der Waals surface area contributed by atoms with Crippen LogP contribution in [0.25, 0.3) is 0 Å². The van der Waals surface area contributed by atoms with Gasteiger partial charge in [-0.1, -0.05) is 18.8 Å². The van der Waals surface area contributed by atoms with E-state index >= 15 is 0 Å². The fourth-order valence-corrected chi connectivity index (χ4v) is 0.314. The minimum absolute atomic E-state index is 0.393. The zero-order valence-electron chi connectivity index (χ0n) is 5.70. The molecule has 0 nitrogen and oxygen atoms in total. The van der Waals surface area contributed by atoms with E-state index in [9.17, 15) is 0 Å². The third-order valence-electron chi connectivity index (χ3n) is 0.690. The number of rotatable bonds is 1. The Bertz CT molecular complexity index is 166. The maximum Gasteiger partial charge on any atom is 0.0209 e. The quantitative estimate of drug-likeness (QED) is 0.459. The molecule has 0 bridgehead atoms. The van der Waals surface area contributed by atoms with E-state index in [-0.39, 0.29) is 0 Å². The second kappa shape index (κ2) is 5.26. The predicted octanol–water partition coefficient (Wildman–Crippen LogP) is 1.69. The molecule has 9 heavy (non-hydrogen) atoms. The van der Waals surface area contributed by atoms with Gasteiger partial charge in [-0.3, -0.25) is 0 Å². The van der Waals surface area contributed by atoms with Crippen LogP contribution in [0.4, 0.5) is 0 Å². The standard InChI is InChI=1S/C9H10/c1-4-5-6-7-8-9(2)3/h9H,1-2,8H2,3H3. The molecule has 0 aromatic heterocycles. The van der Waals surface area contributed by atoms with Crippen LogP contribution >= 0.6 is 0 Å². The van der Waals surface area contributed by atoms with Gasteiger partial charge in [0.05, 0.1) is 0 Å². The molecule has 0 spiro atoms. The molecule has 1 unspecified atom stereocenters. The molecule has 0 aliphatic carbocycles. The molecule has 0 heteroatoms. The lowest BCUT2D eigenvalue weighted by Gasteiger charge is -1.90. The smallest absolute Gasteiger partial charge is 0.0209 e. The molecule has 0 amide bonds. The fraction of sp³-hybridized carbons (Fsp3) is 0.333. The van der Waals surface area contributed by atoms with Gasteiger partial charge in [-0.25, -0.2) is 0 Å². The van der Waals surface area contributed by atoms with Gasteiger partial charge >= 0.3 is 0 Å². The summed E-state index contributed by atoms with van der Waals surface area (Å²) in [6.45, 7) is 9.11. The van der Waals surface area contributed by atoms with Gasteiger partial charge in [0.15, 0.2) is 0 Å². The topological polar surface area (TPSA) is 0 Å². The van der Waals surface area contributed by atoms with Gasteiger partial charge in [-0.2, -0.15) is 0 Å². The molecule has 1 atom stereocenters. The Kier molecular flexibility index (Phi) is 4.75. The molecular weight excluding hydrogens is 108 g/mol. The monoisotopic (exact) mass is 118 g/mol. The first kappa shape index (κ1) is 8.12. The van der Waals surface area contributed by atoms with Crippen molar-refractivity contribution in [2.24, 2.45) is 5.92 Å². The molecule has 0 aliphatic rings. The van der Waals surface area contributed by atoms with Crippen LogP contribution in [-0.4, -0.2) is 0 Å². The van der Waals surface area contributed by atoms with E-state index < -0.39 is 0 Å². The van der Waals surface area contributed by atoms with Crippen molar-refractivity contribution in [3.63, 3.8) is 0 Å². The molecule has 46 valence electrons. The molecule has 0 aliphatic heterocycles. The first-order chi connectivity index (χ1) is 4.27. The first-order valence-corrected chi connectivity index (χ1v) is 2.85. The van der Waals surface area contributed by atoms with Crippen molar-refractivity contribution in [3.05, 3.63) is 13.8 Å². The molecule has 0 aromatic rings. The molecule has 0 heterocycles. The molecular formula is C9H10. The Morgan fingerprint density at radius 2 is 2.11 bits per heavy atom. The lowest BCUT2D eigenvalue weighted by Crippen LogP contribution is -1.81. The van der Waals surface area contributed by atoms with Gasteiger partial charge in [0.2, 0.25) is 0 Å². The molecule has 2 radical (unpaired) electrons. The third kappa shape index (κ3) is 7.12. The van der Waals surface area contributed by atoms with Crippen molar-refractivity contribution in [1.82, 2.24) is 0 Å². The highest BCUT2D eigenvalue weighted by Gasteiger charge is 1.84. The summed E-state index contributed by atoms with van der Waals surface area (Å²) in [7, 11) is 0. The zero-order valence-corrected chi connectivity index (χ0v) is 5.70. The van der Waals surface area contributed by atoms with Crippen LogP contribution in [0.3, 0.4) is 0 Å². The highest BCUT2D eigenvalue weighted by molar-refractivity contribution is 5.26. The van der Waals surface area contributed by atoms with Crippen LogP contribution in [0.15, 0.2) is 0 Å². The normalized spacial score (nSPS) is 7.11. The Morgan fingerprint density at radius 1 is 1.44 bits per heavy atom. The molecule has 0 N–H and O–H groups in total. The van der Waals surface area contributed by atoms with Crippen molar-refractivity contribution in [3.8, 4) is 23.7 Å². The van der Waals surface area contributed by atoms with Gasteiger partial charge in [-0.05, 0) is 24.7 Å². The minimum Gasteiger partial charge on any atom is -0.0888 e. The summed E-state index contributed by atoms with van der Waals surface area (Å²) in [5.41, 5.74) is 0. The number of hydrogen-bond acceptors (Lipinski definition) is 0. The fourth-order valence-electron chi connectivity index (χ4n) is 0.314. The van der Waals surface area contributed by atoms with Gasteiger partial charge in [-0.15, -0.1) is 0 Å². The molecule has 0 rings (SSSR count). The maximum absolute atomic E-state index is 3.77. The summed E-state index contributed by atoms with van der Waals surface area (Å²) < 4.78 is 0. The molecule has 0 saturated carbocycles. The van der Waals surface area contributed by atoms with E-state index in [1.54, 1.807) is 0 Å². The maximum atomic E-state index is 3.77. The Hall–Kier alpha value is -0.880. The lowest BCUT2D eigenvalue weighted by atomic mass is 10.1. The highest BCUT2D eigenvalue weighted by atomic mass is 13.9. The van der Waals surface area contributed by atoms with Crippen LogP contribution in [0.5, 0.6) is 0 Å². The SMILES string of the molecule is [CH2]C#CC#CCC([CH2])C. The van der Waals surface area contributed by atoms with E-state index in [4.69, 9.17) is 0 Å². The Balaban J connectivity index is 3.46. The van der Waals surface area contributed by atoms with Gasteiger partial charge in [0, 0.05) is 13.3 Å². The van der Waals surface area contributed by atoms with Gasteiger partial charge < -0.3 is 0 Å². The largest absolute Gasteiger partial charge is 0.0888 e. The first-order valence-electron chi connectivity index (χ1n) is 2.85. The van der Waals surface area contributed by atoms with E-state index in [0.717, 1.165) is 6.42 Å². The Morgan fingerprint density at radius 3 is 2.56 bits per heavy atom. The molecule has 0 aromatic carbocycles. The highest BCUT2D eigenvalue weighted by Crippen LogP contribution is 1.94. The van der Waals surface area contributed by atoms with E-state index in [1.165, 1.54) is 0 Å². The summed E-state index contributed by atoms with van der Waals surface area (Å²) in [5, 5.41) is 0. The van der Waals surface area contributed by atoms with Crippen molar-refractivity contribution >= 4 is 0 Å². The van der Waals surface area contributed by atoms with Crippen LogP contribution in [0.2, 0.25) is 0 Å². The summed E-state index contributed by atoms with van der Waals surface area (Å²) >= 11 is 0. The third-order valence-corrected chi connectivity index (χ3v) is 0.690. The Labute approximate surface area is 57.7 Å². The van der Waals surface area contributed by atoms with E-state index in [2.05, 4.69) is 37.5 Å². The van der Waals surface area contributed by atoms with Crippen molar-refractivity contribution in [2.75, 3.05) is 0 Å². The zero-order chi connectivity index (χ0) is 7.11. The molecule has 0 saturated heterocycles. The van der Waals surface area contributed by atoms with Crippen LogP contribution in [0.1, 0.15) is 13.3 Å². The van der Waals surface area contributed by atoms with Gasteiger partial charge in [0.1, 0.15) is 0 Å². The van der Waals surface area contributed by atoms with Crippen LogP contribution < -0.4 is 0 Å². The second-order valence-corrected chi connectivity index (χ2v) is 1.91. The average Bonchev–Trinajstić information content (AvgIpc) is 1.80. The van der Waals surface area contributed by atoms with Gasteiger partial charge in [0.25, 0.3) is 0 Å². The van der Waals surface area contributed by atoms with Crippen molar-refractivity contribution < 1.29 is 0 Å². The minimum atomic E-state index is 0.393. The summed E-state index contributed by atoms with van der Waals surface area (Å²) in [6.07, 6.45) is 0.814. The van der Waals surface area contributed by atoms with E-state index in [1.807, 2.05) is 6.92 Å². The van der Waals surface area contributed by atoms with E-state index in [0.29, 0.717) is 5.92 Å².